The van der Waals surface area contributed by atoms with E-state index in [0.717, 1.165) is 16.5 Å². The number of aromatic nitrogens is 1. The van der Waals surface area contributed by atoms with Gasteiger partial charge in [0.15, 0.2) is 5.72 Å². The SMILES string of the molecule is CCOC[C@](C)(OCC)N(Cc1cccc2cccnc12)C(=O)[C@@H](N)CCCCNC(=O)O. The van der Waals surface area contributed by atoms with Crippen LogP contribution < -0.4 is 11.1 Å². The number of para-hydroxylation sites is 1. The molecule has 0 spiro atoms. The van der Waals surface area contributed by atoms with Gasteiger partial charge in [0.25, 0.3) is 0 Å². The van der Waals surface area contributed by atoms with E-state index >= 15 is 0 Å². The van der Waals surface area contributed by atoms with Crippen LogP contribution in [0.2, 0.25) is 0 Å². The van der Waals surface area contributed by atoms with E-state index in [1.54, 1.807) is 11.1 Å². The number of pyridine rings is 1. The van der Waals surface area contributed by atoms with Gasteiger partial charge in [-0.2, -0.15) is 0 Å². The van der Waals surface area contributed by atoms with Crippen LogP contribution in [0.25, 0.3) is 10.9 Å². The molecule has 0 fully saturated rings. The lowest BCUT2D eigenvalue weighted by Gasteiger charge is -2.42. The zero-order valence-corrected chi connectivity index (χ0v) is 19.8. The first-order valence-electron chi connectivity index (χ1n) is 11.4. The summed E-state index contributed by atoms with van der Waals surface area (Å²) >= 11 is 0. The van der Waals surface area contributed by atoms with Crippen LogP contribution in [-0.2, 0) is 20.8 Å². The molecule has 2 aromatic rings. The molecule has 1 aromatic carbocycles. The van der Waals surface area contributed by atoms with Crippen molar-refractivity contribution in [3.05, 3.63) is 42.1 Å². The molecule has 9 heteroatoms. The minimum atomic E-state index is -1.06. The third-order valence-electron chi connectivity index (χ3n) is 5.45. The summed E-state index contributed by atoms with van der Waals surface area (Å²) in [6, 6.07) is 8.99. The van der Waals surface area contributed by atoms with Crippen molar-refractivity contribution < 1.29 is 24.2 Å². The fourth-order valence-electron chi connectivity index (χ4n) is 3.75. The number of rotatable bonds is 14. The number of carbonyl (C=O) groups excluding carboxylic acids is 1. The molecule has 182 valence electrons. The second-order valence-electron chi connectivity index (χ2n) is 8.00. The van der Waals surface area contributed by atoms with Gasteiger partial charge in [-0.05, 0) is 51.7 Å². The smallest absolute Gasteiger partial charge is 0.404 e. The highest BCUT2D eigenvalue weighted by molar-refractivity contribution is 5.84. The summed E-state index contributed by atoms with van der Waals surface area (Å²) in [5.41, 5.74) is 7.01. The maximum atomic E-state index is 13.6. The van der Waals surface area contributed by atoms with E-state index in [4.69, 9.17) is 20.3 Å². The Morgan fingerprint density at radius 2 is 1.97 bits per heavy atom. The summed E-state index contributed by atoms with van der Waals surface area (Å²) in [7, 11) is 0. The number of carboxylic acid groups (broad SMARTS) is 1. The van der Waals surface area contributed by atoms with Crippen molar-refractivity contribution in [3.63, 3.8) is 0 Å². The quantitative estimate of drug-likeness (QED) is 0.292. The number of nitrogens with two attached hydrogens (primary N) is 1. The Kier molecular flexibility index (Phi) is 10.5. The molecule has 0 bridgehead atoms. The first-order chi connectivity index (χ1) is 15.8. The average molecular weight is 461 g/mol. The van der Waals surface area contributed by atoms with Crippen molar-refractivity contribution in [1.82, 2.24) is 15.2 Å². The zero-order chi connectivity index (χ0) is 24.3. The van der Waals surface area contributed by atoms with Gasteiger partial charge in [-0.15, -0.1) is 0 Å². The van der Waals surface area contributed by atoms with E-state index in [-0.39, 0.29) is 19.1 Å². The highest BCUT2D eigenvalue weighted by Gasteiger charge is 2.38. The van der Waals surface area contributed by atoms with E-state index in [0.29, 0.717) is 39.0 Å². The number of fused-ring (bicyclic) bond motifs is 1. The van der Waals surface area contributed by atoms with Crippen LogP contribution in [0, 0.1) is 0 Å². The Morgan fingerprint density at radius 3 is 2.67 bits per heavy atom. The van der Waals surface area contributed by atoms with E-state index in [1.165, 1.54) is 0 Å². The number of carbonyl (C=O) groups is 2. The predicted octanol–water partition coefficient (Wildman–Crippen LogP) is 3.12. The number of hydrogen-bond donors (Lipinski definition) is 3. The number of unbranched alkanes of at least 4 members (excludes halogenated alkanes) is 1. The van der Waals surface area contributed by atoms with Gasteiger partial charge in [0.1, 0.15) is 0 Å². The van der Waals surface area contributed by atoms with Crippen LogP contribution in [0.3, 0.4) is 0 Å². The molecule has 1 heterocycles. The number of nitrogens with one attached hydrogen (secondary N) is 1. The minimum absolute atomic E-state index is 0.205. The van der Waals surface area contributed by atoms with Crippen LogP contribution in [0.4, 0.5) is 4.79 Å². The van der Waals surface area contributed by atoms with Crippen molar-refractivity contribution in [2.24, 2.45) is 5.73 Å². The Hall–Kier alpha value is -2.75. The summed E-state index contributed by atoms with van der Waals surface area (Å²) in [4.78, 5) is 30.3. The number of benzene rings is 1. The molecule has 0 aliphatic carbocycles. The maximum absolute atomic E-state index is 13.6. The highest BCUT2D eigenvalue weighted by Crippen LogP contribution is 2.26. The van der Waals surface area contributed by atoms with Crippen LogP contribution in [0.1, 0.15) is 45.6 Å². The van der Waals surface area contributed by atoms with Crippen molar-refractivity contribution in [2.45, 2.75) is 58.3 Å². The number of amides is 2. The molecule has 0 saturated heterocycles. The molecule has 0 aliphatic rings. The van der Waals surface area contributed by atoms with Crippen LogP contribution in [0.5, 0.6) is 0 Å². The summed E-state index contributed by atoms with van der Waals surface area (Å²) in [6.45, 7) is 7.29. The Bertz CT molecular complexity index is 904. The van der Waals surface area contributed by atoms with Gasteiger partial charge in [0, 0.05) is 31.3 Å². The van der Waals surface area contributed by atoms with Crippen molar-refractivity contribution in [2.75, 3.05) is 26.4 Å². The van der Waals surface area contributed by atoms with Gasteiger partial charge in [-0.3, -0.25) is 9.78 Å². The summed E-state index contributed by atoms with van der Waals surface area (Å²) < 4.78 is 11.7. The topological polar surface area (TPSA) is 127 Å². The molecule has 33 heavy (non-hydrogen) atoms. The van der Waals surface area contributed by atoms with Gasteiger partial charge < -0.3 is 30.5 Å². The Balaban J connectivity index is 2.27. The van der Waals surface area contributed by atoms with Gasteiger partial charge >= 0.3 is 6.09 Å². The molecule has 2 atom stereocenters. The maximum Gasteiger partial charge on any atom is 0.404 e. The third-order valence-corrected chi connectivity index (χ3v) is 5.45. The first-order valence-corrected chi connectivity index (χ1v) is 11.4. The monoisotopic (exact) mass is 460 g/mol. The first kappa shape index (κ1) is 26.5. The van der Waals surface area contributed by atoms with Gasteiger partial charge in [-0.25, -0.2) is 4.79 Å². The molecule has 2 rings (SSSR count). The lowest BCUT2D eigenvalue weighted by Crippen LogP contribution is -2.58. The van der Waals surface area contributed by atoms with Gasteiger partial charge in [-0.1, -0.05) is 24.3 Å². The van der Waals surface area contributed by atoms with Crippen LogP contribution in [-0.4, -0.2) is 65.1 Å². The molecule has 0 aliphatic heterocycles. The van der Waals surface area contributed by atoms with E-state index in [2.05, 4.69) is 10.3 Å². The fourth-order valence-corrected chi connectivity index (χ4v) is 3.75. The number of ether oxygens (including phenoxy) is 2. The molecule has 4 N–H and O–H groups in total. The largest absolute Gasteiger partial charge is 0.465 e. The highest BCUT2D eigenvalue weighted by atomic mass is 16.6. The van der Waals surface area contributed by atoms with Gasteiger partial charge in [0.05, 0.1) is 24.7 Å². The average Bonchev–Trinajstić information content (AvgIpc) is 2.80. The summed E-state index contributed by atoms with van der Waals surface area (Å²) in [5, 5.41) is 12.0. The summed E-state index contributed by atoms with van der Waals surface area (Å²) in [5.74, 6) is -0.246. The molecule has 0 radical (unpaired) electrons. The standard InChI is InChI=1S/C24H36N4O5/c1-4-32-17-24(3,33-5-2)28(22(29)20(25)13-6-7-14-27-23(30)31)16-19-11-8-10-18-12-9-15-26-21(18)19/h8-12,15,20,27H,4-7,13-14,16-17,25H2,1-3H3,(H,30,31)/t20-,24-/m0/s1. The van der Waals surface area contributed by atoms with Crippen LogP contribution in [0.15, 0.2) is 36.5 Å². The lowest BCUT2D eigenvalue weighted by atomic mass is 10.0. The van der Waals surface area contributed by atoms with E-state index in [9.17, 15) is 9.59 Å². The molecule has 9 nitrogen and oxygen atoms in total. The Morgan fingerprint density at radius 1 is 1.21 bits per heavy atom. The third kappa shape index (κ3) is 7.66. The van der Waals surface area contributed by atoms with E-state index < -0.39 is 17.9 Å². The molecular weight excluding hydrogens is 424 g/mol. The minimum Gasteiger partial charge on any atom is -0.465 e. The van der Waals surface area contributed by atoms with Crippen LogP contribution >= 0.6 is 0 Å². The van der Waals surface area contributed by atoms with Gasteiger partial charge in [0.2, 0.25) is 5.91 Å². The van der Waals surface area contributed by atoms with Crippen molar-refractivity contribution in [1.29, 1.82) is 0 Å². The predicted molar refractivity (Wildman–Crippen MR) is 127 cm³/mol. The van der Waals surface area contributed by atoms with Crippen molar-refractivity contribution in [3.8, 4) is 0 Å². The number of nitrogens with zero attached hydrogens (tertiary/aromatic N) is 2. The normalized spacial score (nSPS) is 13.9. The molecule has 2 amide bonds. The zero-order valence-electron chi connectivity index (χ0n) is 19.8. The second-order valence-corrected chi connectivity index (χ2v) is 8.00. The fraction of sp³-hybridized carbons (Fsp3) is 0.542. The number of hydrogen-bond acceptors (Lipinski definition) is 6. The van der Waals surface area contributed by atoms with Crippen molar-refractivity contribution >= 4 is 22.9 Å². The van der Waals surface area contributed by atoms with E-state index in [1.807, 2.05) is 51.1 Å². The molecule has 0 unspecified atom stereocenters. The Labute approximate surface area is 195 Å². The molecular formula is C24H36N4O5. The molecule has 0 saturated carbocycles. The second kappa shape index (κ2) is 13.1. The molecule has 1 aromatic heterocycles. The summed E-state index contributed by atoms with van der Waals surface area (Å²) in [6.07, 6.45) is 2.32. The lowest BCUT2D eigenvalue weighted by molar-refractivity contribution is -0.191.